The van der Waals surface area contributed by atoms with Gasteiger partial charge >= 0.3 is 5.97 Å². The van der Waals surface area contributed by atoms with Gasteiger partial charge in [-0.25, -0.2) is 0 Å². The highest BCUT2D eigenvalue weighted by Gasteiger charge is 2.07. The molecule has 1 unspecified atom stereocenters. The first-order valence-electron chi connectivity index (χ1n) is 3.98. The van der Waals surface area contributed by atoms with Gasteiger partial charge in [-0.3, -0.25) is 4.79 Å². The van der Waals surface area contributed by atoms with Crippen LogP contribution in [0.2, 0.25) is 0 Å². The molecule has 1 aromatic rings. The van der Waals surface area contributed by atoms with Crippen molar-refractivity contribution in [3.8, 4) is 0 Å². The summed E-state index contributed by atoms with van der Waals surface area (Å²) in [7, 11) is 0. The molecule has 1 aromatic heterocycles. The molecule has 1 heterocycles. The van der Waals surface area contributed by atoms with Crippen LogP contribution < -0.4 is 22.9 Å². The first-order valence-corrected chi connectivity index (χ1v) is 3.98. The van der Waals surface area contributed by atoms with E-state index in [9.17, 15) is 4.79 Å². The van der Waals surface area contributed by atoms with E-state index in [4.69, 9.17) is 33.1 Å². The molecule has 1 atom stereocenters. The Morgan fingerprint density at radius 2 is 1.44 bits per heavy atom. The van der Waals surface area contributed by atoms with Gasteiger partial charge in [0.25, 0.3) is 0 Å². The molecule has 0 saturated carbocycles. The number of rotatable bonds is 2. The summed E-state index contributed by atoms with van der Waals surface area (Å²) in [6.07, 6.45) is 0. The van der Waals surface area contributed by atoms with Crippen LogP contribution in [0, 0.1) is 0 Å². The Morgan fingerprint density at radius 3 is 1.56 bits per heavy atom. The van der Waals surface area contributed by atoms with Crippen molar-refractivity contribution in [3.05, 3.63) is 0 Å². The van der Waals surface area contributed by atoms with Crippen LogP contribution in [0.15, 0.2) is 0 Å². The molecule has 0 radical (unpaired) electrons. The summed E-state index contributed by atoms with van der Waals surface area (Å²) in [5.74, 6) is -1.05. The van der Waals surface area contributed by atoms with Gasteiger partial charge in [0.2, 0.25) is 17.8 Å². The zero-order chi connectivity index (χ0) is 12.7. The lowest BCUT2D eigenvalue weighted by molar-refractivity contribution is -0.139. The Morgan fingerprint density at radius 1 is 1.12 bits per heavy atom. The highest BCUT2D eigenvalue weighted by Crippen LogP contribution is 1.97. The van der Waals surface area contributed by atoms with Gasteiger partial charge in [0.1, 0.15) is 6.04 Å². The molecule has 0 fully saturated rings. The van der Waals surface area contributed by atoms with Crippen molar-refractivity contribution in [3.63, 3.8) is 0 Å². The fourth-order valence-electron chi connectivity index (χ4n) is 0.505. The third-order valence-corrected chi connectivity index (χ3v) is 1.20. The molecular weight excluding hydrogens is 218 g/mol. The zero-order valence-electron chi connectivity index (χ0n) is 8.24. The fraction of sp³-hybridized carbons (Fsp3) is 0.333. The number of nitrogen functional groups attached to an aromatic ring is 3. The fourth-order valence-corrected chi connectivity index (χ4v) is 0.505. The summed E-state index contributed by atoms with van der Waals surface area (Å²) in [4.78, 5) is 20.1. The molecule has 0 aliphatic heterocycles. The monoisotopic (exact) mass is 231 g/mol. The number of aliphatic carboxylic acids is 1. The van der Waals surface area contributed by atoms with Gasteiger partial charge in [-0.15, -0.1) is 0 Å². The van der Waals surface area contributed by atoms with Crippen molar-refractivity contribution in [2.45, 2.75) is 6.04 Å². The summed E-state index contributed by atoms with van der Waals surface area (Å²) in [5.41, 5.74) is 20.2. The number of aliphatic hydroxyl groups excluding tert-OH is 1. The Kier molecular flexibility index (Phi) is 5.45. The average molecular weight is 231 g/mol. The molecule has 0 spiro atoms. The number of aliphatic hydroxyl groups is 1. The van der Waals surface area contributed by atoms with Gasteiger partial charge in [0, 0.05) is 0 Å². The summed E-state index contributed by atoms with van der Waals surface area (Å²) in [6.45, 7) is -0.505. The van der Waals surface area contributed by atoms with Crippen molar-refractivity contribution in [1.82, 2.24) is 15.0 Å². The quantitative estimate of drug-likeness (QED) is 0.304. The lowest BCUT2D eigenvalue weighted by Gasteiger charge is -1.96. The van der Waals surface area contributed by atoms with E-state index in [-0.39, 0.29) is 17.8 Å². The Bertz CT molecular complexity index is 307. The molecule has 0 aromatic carbocycles. The molecule has 1 rings (SSSR count). The molecule has 0 saturated heterocycles. The highest BCUT2D eigenvalue weighted by atomic mass is 16.4. The number of carboxylic acids is 1. The van der Waals surface area contributed by atoms with E-state index in [0.717, 1.165) is 0 Å². The molecular formula is C6H13N7O3. The van der Waals surface area contributed by atoms with E-state index in [1.54, 1.807) is 0 Å². The van der Waals surface area contributed by atoms with Crippen LogP contribution in [-0.4, -0.2) is 43.8 Å². The van der Waals surface area contributed by atoms with Crippen LogP contribution >= 0.6 is 0 Å². The Labute approximate surface area is 90.3 Å². The molecule has 10 nitrogen and oxygen atoms in total. The summed E-state index contributed by atoms with van der Waals surface area (Å²) >= 11 is 0. The van der Waals surface area contributed by atoms with Crippen LogP contribution in [0.1, 0.15) is 0 Å². The van der Waals surface area contributed by atoms with Gasteiger partial charge < -0.3 is 33.1 Å². The van der Waals surface area contributed by atoms with E-state index < -0.39 is 18.6 Å². The predicted octanol–water partition coefficient (Wildman–Crippen LogP) is -2.99. The third-order valence-electron chi connectivity index (χ3n) is 1.20. The molecule has 0 bridgehead atoms. The second-order valence-corrected chi connectivity index (χ2v) is 2.54. The third kappa shape index (κ3) is 5.51. The first-order chi connectivity index (χ1) is 7.36. The van der Waals surface area contributed by atoms with Crippen LogP contribution in [0.25, 0.3) is 0 Å². The number of hydrogen-bond acceptors (Lipinski definition) is 9. The van der Waals surface area contributed by atoms with E-state index in [1.807, 2.05) is 0 Å². The summed E-state index contributed by atoms with van der Waals surface area (Å²) < 4.78 is 0. The Balaban J connectivity index is 0.000000293. The van der Waals surface area contributed by atoms with Crippen molar-refractivity contribution in [2.75, 3.05) is 23.8 Å². The minimum Gasteiger partial charge on any atom is -0.480 e. The van der Waals surface area contributed by atoms with Crippen LogP contribution in [0.3, 0.4) is 0 Å². The number of nitrogens with two attached hydrogens (primary N) is 4. The zero-order valence-corrected chi connectivity index (χ0v) is 8.24. The second-order valence-electron chi connectivity index (χ2n) is 2.54. The number of anilines is 3. The molecule has 90 valence electrons. The van der Waals surface area contributed by atoms with Crippen molar-refractivity contribution >= 4 is 23.8 Å². The van der Waals surface area contributed by atoms with Gasteiger partial charge in [0.15, 0.2) is 0 Å². The first kappa shape index (κ1) is 13.8. The average Bonchev–Trinajstić information content (AvgIpc) is 2.15. The maximum Gasteiger partial charge on any atom is 0.322 e. The standard InChI is InChI=1S/C3H6N6.C3H7NO3/c4-1-7-2(5)9-3(6)8-1;4-2(1-5)3(6)7/h(H6,4,5,6,7,8,9);2,5H,1,4H2,(H,6,7). The van der Waals surface area contributed by atoms with Gasteiger partial charge in [0.05, 0.1) is 6.61 Å². The van der Waals surface area contributed by atoms with E-state index in [1.165, 1.54) is 0 Å². The number of aromatic nitrogens is 3. The molecule has 0 aliphatic rings. The number of carboxylic acid groups (broad SMARTS) is 1. The lowest BCUT2D eigenvalue weighted by Crippen LogP contribution is -2.33. The highest BCUT2D eigenvalue weighted by molar-refractivity contribution is 5.73. The van der Waals surface area contributed by atoms with E-state index in [2.05, 4.69) is 15.0 Å². The van der Waals surface area contributed by atoms with Gasteiger partial charge in [-0.1, -0.05) is 0 Å². The van der Waals surface area contributed by atoms with E-state index >= 15 is 0 Å². The maximum absolute atomic E-state index is 9.65. The van der Waals surface area contributed by atoms with Crippen molar-refractivity contribution < 1.29 is 15.0 Å². The minimum absolute atomic E-state index is 0.0417. The van der Waals surface area contributed by atoms with Crippen LogP contribution in [0.5, 0.6) is 0 Å². The topological polar surface area (TPSA) is 200 Å². The van der Waals surface area contributed by atoms with Crippen molar-refractivity contribution in [2.24, 2.45) is 5.73 Å². The normalized spacial score (nSPS) is 11.1. The SMILES string of the molecule is NC(CO)C(=O)O.Nc1nc(N)nc(N)n1. The number of carbonyl (C=O) groups is 1. The van der Waals surface area contributed by atoms with Crippen LogP contribution in [-0.2, 0) is 4.79 Å². The number of nitrogens with zero attached hydrogens (tertiary/aromatic N) is 3. The molecule has 10 heteroatoms. The smallest absolute Gasteiger partial charge is 0.322 e. The number of hydrogen-bond donors (Lipinski definition) is 6. The maximum atomic E-state index is 9.65. The van der Waals surface area contributed by atoms with E-state index in [0.29, 0.717) is 0 Å². The lowest BCUT2D eigenvalue weighted by atomic mass is 10.3. The van der Waals surface area contributed by atoms with Crippen molar-refractivity contribution in [1.29, 1.82) is 0 Å². The summed E-state index contributed by atoms with van der Waals surface area (Å²) in [5, 5.41) is 15.9. The summed E-state index contributed by atoms with van der Waals surface area (Å²) in [6, 6.07) is -1.13. The molecule has 16 heavy (non-hydrogen) atoms. The Hall–Kier alpha value is -2.20. The predicted molar refractivity (Wildman–Crippen MR) is 55.8 cm³/mol. The van der Waals surface area contributed by atoms with Gasteiger partial charge in [-0.2, -0.15) is 15.0 Å². The van der Waals surface area contributed by atoms with Crippen LogP contribution in [0.4, 0.5) is 17.8 Å². The molecule has 10 N–H and O–H groups in total. The van der Waals surface area contributed by atoms with Gasteiger partial charge in [-0.05, 0) is 0 Å². The second kappa shape index (κ2) is 6.31. The minimum atomic E-state index is -1.18. The molecule has 0 aliphatic carbocycles. The molecule has 0 amide bonds. The largest absolute Gasteiger partial charge is 0.480 e.